The van der Waals surface area contributed by atoms with Crippen molar-refractivity contribution in [2.75, 3.05) is 0 Å². The van der Waals surface area contributed by atoms with E-state index in [1.165, 1.54) is 11.1 Å². The Labute approximate surface area is 126 Å². The van der Waals surface area contributed by atoms with Gasteiger partial charge in [0, 0.05) is 17.7 Å². The lowest BCUT2D eigenvalue weighted by Gasteiger charge is -2.04. The summed E-state index contributed by atoms with van der Waals surface area (Å²) in [5.74, 6) is 0. The number of rotatable bonds is 3. The number of fused-ring (bicyclic) bond motifs is 1. The van der Waals surface area contributed by atoms with Crippen molar-refractivity contribution in [3.05, 3.63) is 58.1 Å². The average molecular weight is 330 g/mol. The van der Waals surface area contributed by atoms with E-state index in [2.05, 4.69) is 57.1 Å². The maximum absolute atomic E-state index is 4.46. The Bertz CT molecular complexity index is 762. The third kappa shape index (κ3) is 2.48. The summed E-state index contributed by atoms with van der Waals surface area (Å²) in [6.07, 6.45) is 5.61. The number of nitrogens with zero attached hydrogens (tertiary/aromatic N) is 3. The van der Waals surface area contributed by atoms with Gasteiger partial charge in [0.2, 0.25) is 0 Å². The summed E-state index contributed by atoms with van der Waals surface area (Å²) in [6.45, 7) is 2.13. The van der Waals surface area contributed by atoms with Crippen molar-refractivity contribution in [2.24, 2.45) is 7.05 Å². The van der Waals surface area contributed by atoms with E-state index in [0.717, 1.165) is 34.0 Å². The van der Waals surface area contributed by atoms with Gasteiger partial charge in [-0.1, -0.05) is 29.8 Å². The molecule has 0 aliphatic carbocycles. The van der Waals surface area contributed by atoms with Crippen molar-refractivity contribution in [3.63, 3.8) is 0 Å². The quantitative estimate of drug-likeness (QED) is 0.731. The Morgan fingerprint density at radius 2 is 2.05 bits per heavy atom. The summed E-state index contributed by atoms with van der Waals surface area (Å²) in [5.41, 5.74) is 4.73. The normalized spacial score (nSPS) is 11.2. The van der Waals surface area contributed by atoms with Gasteiger partial charge < -0.3 is 4.57 Å². The Kier molecular flexibility index (Phi) is 3.57. The molecular formula is C16H16BrN3. The Hall–Kier alpha value is -1.68. The average Bonchev–Trinajstić information content (AvgIpc) is 2.73. The monoisotopic (exact) mass is 329 g/mol. The number of aryl methyl sites for hydroxylation is 4. The minimum Gasteiger partial charge on any atom is -0.334 e. The third-order valence-corrected chi connectivity index (χ3v) is 4.12. The lowest BCUT2D eigenvalue weighted by molar-refractivity contribution is 0.902. The van der Waals surface area contributed by atoms with Crippen molar-refractivity contribution in [1.29, 1.82) is 0 Å². The van der Waals surface area contributed by atoms with Crippen LogP contribution < -0.4 is 0 Å². The largest absolute Gasteiger partial charge is 0.334 e. The standard InChI is InChI=1S/C16H16BrN3/c1-11-4-3-5-12(8-11)6-7-14-15-13(17)9-20(2)16(15)19-10-18-14/h3-5,8-10H,6-7H2,1-2H3. The Morgan fingerprint density at radius 3 is 2.85 bits per heavy atom. The molecule has 4 heteroatoms. The van der Waals surface area contributed by atoms with Crippen LogP contribution in [0.2, 0.25) is 0 Å². The number of hydrogen-bond donors (Lipinski definition) is 0. The fourth-order valence-electron chi connectivity index (χ4n) is 2.54. The zero-order chi connectivity index (χ0) is 14.1. The molecule has 0 fully saturated rings. The predicted molar refractivity (Wildman–Crippen MR) is 84.8 cm³/mol. The molecule has 0 bridgehead atoms. The van der Waals surface area contributed by atoms with Gasteiger partial charge in [-0.05, 0) is 41.3 Å². The van der Waals surface area contributed by atoms with E-state index in [1.54, 1.807) is 6.33 Å². The Morgan fingerprint density at radius 1 is 1.20 bits per heavy atom. The Balaban J connectivity index is 1.91. The summed E-state index contributed by atoms with van der Waals surface area (Å²) in [4.78, 5) is 8.82. The fourth-order valence-corrected chi connectivity index (χ4v) is 3.25. The van der Waals surface area contributed by atoms with Crippen LogP contribution in [0.5, 0.6) is 0 Å². The van der Waals surface area contributed by atoms with E-state index in [4.69, 9.17) is 0 Å². The molecule has 0 N–H and O–H groups in total. The molecule has 1 aromatic carbocycles. The number of aromatic nitrogens is 3. The summed E-state index contributed by atoms with van der Waals surface area (Å²) in [6, 6.07) is 8.64. The van der Waals surface area contributed by atoms with Gasteiger partial charge in [0.15, 0.2) is 0 Å². The summed E-state index contributed by atoms with van der Waals surface area (Å²) < 4.78 is 3.09. The van der Waals surface area contributed by atoms with Gasteiger partial charge in [0.1, 0.15) is 12.0 Å². The van der Waals surface area contributed by atoms with Crippen LogP contribution in [-0.2, 0) is 19.9 Å². The lowest BCUT2D eigenvalue weighted by atomic mass is 10.0. The van der Waals surface area contributed by atoms with Crippen molar-refractivity contribution in [3.8, 4) is 0 Å². The molecule has 3 aromatic rings. The number of benzene rings is 1. The van der Waals surface area contributed by atoms with Crippen LogP contribution in [0, 0.1) is 6.92 Å². The van der Waals surface area contributed by atoms with Crippen LogP contribution in [0.3, 0.4) is 0 Å². The summed E-state index contributed by atoms with van der Waals surface area (Å²) in [5, 5.41) is 1.13. The van der Waals surface area contributed by atoms with Gasteiger partial charge in [-0.3, -0.25) is 0 Å². The van der Waals surface area contributed by atoms with E-state index in [1.807, 2.05) is 17.8 Å². The molecule has 2 heterocycles. The molecule has 0 spiro atoms. The second-order valence-corrected chi connectivity index (χ2v) is 5.95. The van der Waals surface area contributed by atoms with Crippen molar-refractivity contribution < 1.29 is 0 Å². The second-order valence-electron chi connectivity index (χ2n) is 5.10. The van der Waals surface area contributed by atoms with Crippen LogP contribution in [0.4, 0.5) is 0 Å². The highest BCUT2D eigenvalue weighted by atomic mass is 79.9. The lowest BCUT2D eigenvalue weighted by Crippen LogP contribution is -1.98. The first-order valence-electron chi connectivity index (χ1n) is 6.65. The molecule has 2 aromatic heterocycles. The summed E-state index contributed by atoms with van der Waals surface area (Å²) in [7, 11) is 2.00. The first kappa shape index (κ1) is 13.3. The molecular weight excluding hydrogens is 314 g/mol. The number of hydrogen-bond acceptors (Lipinski definition) is 2. The molecule has 0 atom stereocenters. The molecule has 3 nitrogen and oxygen atoms in total. The zero-order valence-corrected chi connectivity index (χ0v) is 13.2. The molecule has 102 valence electrons. The maximum atomic E-state index is 4.46. The van der Waals surface area contributed by atoms with Gasteiger partial charge >= 0.3 is 0 Å². The molecule has 0 saturated heterocycles. The SMILES string of the molecule is Cc1cccc(CCc2ncnc3c2c(Br)cn3C)c1. The van der Waals surface area contributed by atoms with Gasteiger partial charge in [-0.15, -0.1) is 0 Å². The fraction of sp³-hybridized carbons (Fsp3) is 0.250. The number of halogens is 1. The predicted octanol–water partition coefficient (Wildman–Crippen LogP) is 3.82. The van der Waals surface area contributed by atoms with Crippen LogP contribution in [0.15, 0.2) is 41.3 Å². The highest BCUT2D eigenvalue weighted by Crippen LogP contribution is 2.26. The zero-order valence-electron chi connectivity index (χ0n) is 11.6. The van der Waals surface area contributed by atoms with E-state index >= 15 is 0 Å². The molecule has 0 amide bonds. The molecule has 0 aliphatic rings. The topological polar surface area (TPSA) is 30.7 Å². The van der Waals surface area contributed by atoms with Crippen LogP contribution in [0.25, 0.3) is 11.0 Å². The van der Waals surface area contributed by atoms with Crippen LogP contribution >= 0.6 is 15.9 Å². The van der Waals surface area contributed by atoms with Crippen LogP contribution in [0.1, 0.15) is 16.8 Å². The third-order valence-electron chi connectivity index (χ3n) is 3.52. The maximum Gasteiger partial charge on any atom is 0.144 e. The second kappa shape index (κ2) is 5.37. The van der Waals surface area contributed by atoms with Gasteiger partial charge in [-0.25, -0.2) is 9.97 Å². The first-order chi connectivity index (χ1) is 9.65. The van der Waals surface area contributed by atoms with Crippen molar-refractivity contribution in [1.82, 2.24) is 14.5 Å². The van der Waals surface area contributed by atoms with Gasteiger partial charge in [-0.2, -0.15) is 0 Å². The molecule has 0 saturated carbocycles. The molecule has 0 aliphatic heterocycles. The molecule has 20 heavy (non-hydrogen) atoms. The van der Waals surface area contributed by atoms with E-state index in [0.29, 0.717) is 0 Å². The minimum absolute atomic E-state index is 0.922. The molecule has 0 radical (unpaired) electrons. The van der Waals surface area contributed by atoms with E-state index in [9.17, 15) is 0 Å². The van der Waals surface area contributed by atoms with Crippen molar-refractivity contribution >= 4 is 27.0 Å². The minimum atomic E-state index is 0.922. The van der Waals surface area contributed by atoms with Crippen LogP contribution in [-0.4, -0.2) is 14.5 Å². The smallest absolute Gasteiger partial charge is 0.144 e. The van der Waals surface area contributed by atoms with E-state index in [-0.39, 0.29) is 0 Å². The highest BCUT2D eigenvalue weighted by Gasteiger charge is 2.11. The van der Waals surface area contributed by atoms with Gasteiger partial charge in [0.05, 0.1) is 11.1 Å². The molecule has 3 rings (SSSR count). The van der Waals surface area contributed by atoms with Gasteiger partial charge in [0.25, 0.3) is 0 Å². The van der Waals surface area contributed by atoms with Crippen molar-refractivity contribution in [2.45, 2.75) is 19.8 Å². The molecule has 0 unspecified atom stereocenters. The highest BCUT2D eigenvalue weighted by molar-refractivity contribution is 9.10. The first-order valence-corrected chi connectivity index (χ1v) is 7.44. The summed E-state index contributed by atoms with van der Waals surface area (Å²) >= 11 is 3.61. The van der Waals surface area contributed by atoms with E-state index < -0.39 is 0 Å².